The van der Waals surface area contributed by atoms with E-state index in [0.717, 1.165) is 6.54 Å². The number of pyridine rings is 1. The fourth-order valence-electron chi connectivity index (χ4n) is 1.60. The topological polar surface area (TPSA) is 49.1 Å². The predicted octanol–water partition coefficient (Wildman–Crippen LogP) is 2.08. The van der Waals surface area contributed by atoms with Crippen LogP contribution in [-0.2, 0) is 0 Å². The van der Waals surface area contributed by atoms with Crippen LogP contribution in [0.5, 0.6) is 5.88 Å². The van der Waals surface area contributed by atoms with Crippen molar-refractivity contribution < 1.29 is 4.74 Å². The first-order valence-corrected chi connectivity index (χ1v) is 5.98. The van der Waals surface area contributed by atoms with E-state index >= 15 is 0 Å². The van der Waals surface area contributed by atoms with Crippen LogP contribution in [0.2, 0.25) is 5.02 Å². The quantitative estimate of drug-likeness (QED) is 0.804. The molecule has 0 aromatic carbocycles. The fraction of sp³-hybridized carbons (Fsp3) is 0.500. The summed E-state index contributed by atoms with van der Waals surface area (Å²) in [7, 11) is 2.09. The highest BCUT2D eigenvalue weighted by molar-refractivity contribution is 6.32. The minimum Gasteiger partial charge on any atom is -0.475 e. The maximum Gasteiger partial charge on any atom is 0.233 e. The van der Waals surface area contributed by atoms with Gasteiger partial charge >= 0.3 is 0 Å². The largest absolute Gasteiger partial charge is 0.475 e. The van der Waals surface area contributed by atoms with Gasteiger partial charge in [-0.15, -0.1) is 0 Å². The summed E-state index contributed by atoms with van der Waals surface area (Å²) in [5.41, 5.74) is 0.396. The third-order valence-corrected chi connectivity index (χ3v) is 3.20. The lowest BCUT2D eigenvalue weighted by molar-refractivity contribution is 0.226. The number of halogens is 1. The van der Waals surface area contributed by atoms with Crippen LogP contribution >= 0.6 is 11.6 Å². The summed E-state index contributed by atoms with van der Waals surface area (Å²) in [5, 5.41) is 9.11. The molecule has 0 unspecified atom stereocenters. The predicted molar refractivity (Wildman–Crippen MR) is 65.1 cm³/mol. The molecule has 0 bridgehead atoms. The summed E-state index contributed by atoms with van der Waals surface area (Å²) in [5.74, 6) is 0.343. The molecule has 0 aliphatic heterocycles. The minimum atomic E-state index is 0.295. The van der Waals surface area contributed by atoms with Crippen LogP contribution in [0.1, 0.15) is 18.4 Å². The van der Waals surface area contributed by atoms with Crippen LogP contribution < -0.4 is 4.74 Å². The maximum atomic E-state index is 8.81. The first-order valence-electron chi connectivity index (χ1n) is 5.60. The van der Waals surface area contributed by atoms with E-state index in [1.165, 1.54) is 19.0 Å². The number of hydrogen-bond acceptors (Lipinski definition) is 4. The van der Waals surface area contributed by atoms with E-state index < -0.39 is 0 Å². The van der Waals surface area contributed by atoms with Gasteiger partial charge in [0.2, 0.25) is 5.88 Å². The summed E-state index contributed by atoms with van der Waals surface area (Å²) < 4.78 is 5.49. The number of hydrogen-bond donors (Lipinski definition) is 0. The smallest absolute Gasteiger partial charge is 0.233 e. The molecule has 2 rings (SSSR count). The molecule has 5 heteroatoms. The van der Waals surface area contributed by atoms with Crippen LogP contribution in [-0.4, -0.2) is 36.1 Å². The fourth-order valence-corrected chi connectivity index (χ4v) is 1.80. The second kappa shape index (κ2) is 5.35. The molecule has 1 aromatic heterocycles. The maximum absolute atomic E-state index is 8.81. The second-order valence-electron chi connectivity index (χ2n) is 4.15. The summed E-state index contributed by atoms with van der Waals surface area (Å²) in [4.78, 5) is 6.29. The van der Waals surface area contributed by atoms with E-state index in [1.807, 2.05) is 6.07 Å². The number of nitriles is 1. The zero-order chi connectivity index (χ0) is 12.3. The van der Waals surface area contributed by atoms with Crippen molar-refractivity contribution in [3.63, 3.8) is 0 Å². The van der Waals surface area contributed by atoms with E-state index in [2.05, 4.69) is 16.9 Å². The molecule has 1 aliphatic rings. The SMILES string of the molecule is CN(CCOc1nccc(C#N)c1Cl)C1CC1. The van der Waals surface area contributed by atoms with Crippen molar-refractivity contribution in [2.45, 2.75) is 18.9 Å². The molecule has 4 nitrogen and oxygen atoms in total. The Bertz CT molecular complexity index is 440. The van der Waals surface area contributed by atoms with Crippen molar-refractivity contribution in [2.24, 2.45) is 0 Å². The Labute approximate surface area is 106 Å². The van der Waals surface area contributed by atoms with E-state index in [1.54, 1.807) is 6.07 Å². The Balaban J connectivity index is 1.88. The number of likely N-dealkylation sites (N-methyl/N-ethyl adjacent to an activating group) is 1. The van der Waals surface area contributed by atoms with E-state index in [0.29, 0.717) is 29.1 Å². The molecule has 17 heavy (non-hydrogen) atoms. The molecule has 0 spiro atoms. The molecule has 1 heterocycles. The zero-order valence-corrected chi connectivity index (χ0v) is 10.4. The second-order valence-corrected chi connectivity index (χ2v) is 4.53. The zero-order valence-electron chi connectivity index (χ0n) is 9.69. The van der Waals surface area contributed by atoms with Crippen molar-refractivity contribution in [1.82, 2.24) is 9.88 Å². The number of ether oxygens (including phenoxy) is 1. The first-order chi connectivity index (χ1) is 8.22. The summed E-state index contributed by atoms with van der Waals surface area (Å²) >= 11 is 5.98. The van der Waals surface area contributed by atoms with Gasteiger partial charge in [-0.1, -0.05) is 11.6 Å². The molecule has 90 valence electrons. The van der Waals surface area contributed by atoms with Crippen molar-refractivity contribution in [3.05, 3.63) is 22.8 Å². The highest BCUT2D eigenvalue weighted by Gasteiger charge is 2.25. The van der Waals surface area contributed by atoms with E-state index in [4.69, 9.17) is 21.6 Å². The Morgan fingerprint density at radius 2 is 2.41 bits per heavy atom. The van der Waals surface area contributed by atoms with Gasteiger partial charge in [0, 0.05) is 18.8 Å². The highest BCUT2D eigenvalue weighted by atomic mass is 35.5. The van der Waals surface area contributed by atoms with E-state index in [9.17, 15) is 0 Å². The van der Waals surface area contributed by atoms with Gasteiger partial charge in [0.25, 0.3) is 0 Å². The molecule has 0 atom stereocenters. The number of nitrogens with zero attached hydrogens (tertiary/aromatic N) is 3. The van der Waals surface area contributed by atoms with Crippen LogP contribution in [0.3, 0.4) is 0 Å². The highest BCUT2D eigenvalue weighted by Crippen LogP contribution is 2.26. The summed E-state index contributed by atoms with van der Waals surface area (Å²) in [6.07, 6.45) is 4.09. The van der Waals surface area contributed by atoms with E-state index in [-0.39, 0.29) is 0 Å². The standard InChI is InChI=1S/C12H14ClN3O/c1-16(10-2-3-10)6-7-17-12-11(13)9(8-14)4-5-15-12/h4-5,10H,2-3,6-7H2,1H3. The molecule has 0 amide bonds. The van der Waals surface area contributed by atoms with Gasteiger partial charge in [0.1, 0.15) is 17.7 Å². The number of rotatable bonds is 5. The van der Waals surface area contributed by atoms with Crippen LogP contribution in [0, 0.1) is 11.3 Å². The molecular formula is C12H14ClN3O. The minimum absolute atomic E-state index is 0.295. The lowest BCUT2D eigenvalue weighted by atomic mass is 10.3. The van der Waals surface area contributed by atoms with Crippen molar-refractivity contribution in [3.8, 4) is 11.9 Å². The third kappa shape index (κ3) is 3.09. The Morgan fingerprint density at radius 3 is 3.06 bits per heavy atom. The summed E-state index contributed by atoms with van der Waals surface area (Å²) in [6, 6.07) is 4.29. The molecular weight excluding hydrogens is 238 g/mol. The molecule has 1 aliphatic carbocycles. The van der Waals surface area contributed by atoms with Gasteiger partial charge in [-0.25, -0.2) is 4.98 Å². The molecule has 1 aromatic rings. The third-order valence-electron chi connectivity index (χ3n) is 2.83. The van der Waals surface area contributed by atoms with Crippen molar-refractivity contribution in [1.29, 1.82) is 5.26 Å². The van der Waals surface area contributed by atoms with Gasteiger partial charge in [-0.3, -0.25) is 0 Å². The molecule has 0 saturated heterocycles. The first kappa shape index (κ1) is 12.2. The van der Waals surface area contributed by atoms with Gasteiger partial charge in [-0.05, 0) is 26.0 Å². The van der Waals surface area contributed by atoms with Crippen molar-refractivity contribution in [2.75, 3.05) is 20.2 Å². The monoisotopic (exact) mass is 251 g/mol. The Morgan fingerprint density at radius 1 is 1.65 bits per heavy atom. The molecule has 0 N–H and O–H groups in total. The molecule has 0 radical (unpaired) electrons. The van der Waals surface area contributed by atoms with Crippen LogP contribution in [0.15, 0.2) is 12.3 Å². The van der Waals surface area contributed by atoms with Gasteiger partial charge in [0.05, 0.1) is 5.56 Å². The van der Waals surface area contributed by atoms with Gasteiger partial charge in [0.15, 0.2) is 0 Å². The Hall–Kier alpha value is -1.31. The average Bonchev–Trinajstić information content (AvgIpc) is 3.15. The lowest BCUT2D eigenvalue weighted by Crippen LogP contribution is -2.26. The summed E-state index contributed by atoms with van der Waals surface area (Å²) in [6.45, 7) is 1.38. The average molecular weight is 252 g/mol. The van der Waals surface area contributed by atoms with Crippen LogP contribution in [0.25, 0.3) is 0 Å². The number of aromatic nitrogens is 1. The van der Waals surface area contributed by atoms with Gasteiger partial charge < -0.3 is 9.64 Å². The molecule has 1 fully saturated rings. The normalized spacial score (nSPS) is 14.7. The lowest BCUT2D eigenvalue weighted by Gasteiger charge is -2.15. The molecule has 1 saturated carbocycles. The van der Waals surface area contributed by atoms with Crippen LogP contribution in [0.4, 0.5) is 0 Å². The van der Waals surface area contributed by atoms with Gasteiger partial charge in [-0.2, -0.15) is 5.26 Å². The van der Waals surface area contributed by atoms with Crippen molar-refractivity contribution >= 4 is 11.6 Å². The Kier molecular flexibility index (Phi) is 3.82.